The average molecular weight is 296 g/mol. The molecule has 0 atom stereocenters. The number of benzene rings is 1. The van der Waals surface area contributed by atoms with Gasteiger partial charge >= 0.3 is 5.97 Å². The molecule has 0 aromatic heterocycles. The maximum absolute atomic E-state index is 12.2. The Morgan fingerprint density at radius 2 is 1.71 bits per heavy atom. The second kappa shape index (κ2) is 8.39. The zero-order valence-electron chi connectivity index (χ0n) is 12.4. The first-order valence-corrected chi connectivity index (χ1v) is 6.82. The van der Waals surface area contributed by atoms with Crippen LogP contribution in [0.25, 0.3) is 0 Å². The van der Waals surface area contributed by atoms with Gasteiger partial charge in [-0.2, -0.15) is 0 Å². The highest BCUT2D eigenvalue weighted by molar-refractivity contribution is 6.02. The largest absolute Gasteiger partial charge is 0.507 e. The Labute approximate surface area is 123 Å². The molecule has 0 heterocycles. The molecule has 0 aliphatic rings. The van der Waals surface area contributed by atoms with Crippen LogP contribution in [-0.2, 0) is 14.2 Å². The van der Waals surface area contributed by atoms with E-state index in [-0.39, 0.29) is 23.5 Å². The first-order valence-electron chi connectivity index (χ1n) is 6.82. The maximum Gasteiger partial charge on any atom is 0.338 e. The molecule has 0 radical (unpaired) electrons. The summed E-state index contributed by atoms with van der Waals surface area (Å²) in [5.74, 6) is -1.36. The lowest BCUT2D eigenvalue weighted by Crippen LogP contribution is -2.28. The van der Waals surface area contributed by atoms with Crippen LogP contribution in [0.3, 0.4) is 0 Å². The van der Waals surface area contributed by atoms with Gasteiger partial charge in [0, 0.05) is 13.2 Å². The van der Waals surface area contributed by atoms with Gasteiger partial charge in [-0.25, -0.2) is 4.79 Å². The summed E-state index contributed by atoms with van der Waals surface area (Å²) in [6.07, 6.45) is -1.07. The van der Waals surface area contributed by atoms with E-state index >= 15 is 0 Å². The molecule has 0 aliphatic carbocycles. The predicted molar refractivity (Wildman–Crippen MR) is 75.4 cm³/mol. The van der Waals surface area contributed by atoms with Gasteiger partial charge in [0.25, 0.3) is 0 Å². The minimum absolute atomic E-state index is 0.0370. The van der Waals surface area contributed by atoms with Crippen molar-refractivity contribution in [2.45, 2.75) is 27.1 Å². The Morgan fingerprint density at radius 1 is 1.10 bits per heavy atom. The normalized spacial score (nSPS) is 10.7. The monoisotopic (exact) mass is 296 g/mol. The van der Waals surface area contributed by atoms with Gasteiger partial charge in [0.2, 0.25) is 12.1 Å². The van der Waals surface area contributed by atoms with Gasteiger partial charge in [0.05, 0.1) is 17.7 Å². The SMILES string of the molecule is CCOC(=O)c1ccc(C(=O)C(OCC)OCC)c(O)c1. The quantitative estimate of drug-likeness (QED) is 0.449. The molecule has 1 aromatic carbocycles. The van der Waals surface area contributed by atoms with Crippen molar-refractivity contribution in [1.82, 2.24) is 0 Å². The number of rotatable bonds is 8. The highest BCUT2D eigenvalue weighted by Gasteiger charge is 2.24. The number of hydrogen-bond acceptors (Lipinski definition) is 6. The Bertz CT molecular complexity index is 491. The fraction of sp³-hybridized carbons (Fsp3) is 0.467. The van der Waals surface area contributed by atoms with Crippen LogP contribution in [0, 0.1) is 0 Å². The zero-order chi connectivity index (χ0) is 15.8. The molecular weight excluding hydrogens is 276 g/mol. The molecule has 0 bridgehead atoms. The highest BCUT2D eigenvalue weighted by atomic mass is 16.7. The number of esters is 1. The number of aromatic hydroxyl groups is 1. The fourth-order valence-electron chi connectivity index (χ4n) is 1.71. The second-order valence-electron chi connectivity index (χ2n) is 4.06. The highest BCUT2D eigenvalue weighted by Crippen LogP contribution is 2.22. The summed E-state index contributed by atoms with van der Waals surface area (Å²) < 4.78 is 15.2. The van der Waals surface area contributed by atoms with Crippen molar-refractivity contribution >= 4 is 11.8 Å². The molecule has 0 spiro atoms. The number of phenolic OH excluding ortho intramolecular Hbond substituents is 1. The van der Waals surface area contributed by atoms with Crippen molar-refractivity contribution in [1.29, 1.82) is 0 Å². The van der Waals surface area contributed by atoms with E-state index in [1.54, 1.807) is 20.8 Å². The van der Waals surface area contributed by atoms with Crippen LogP contribution in [0.5, 0.6) is 5.75 Å². The van der Waals surface area contributed by atoms with Gasteiger partial charge in [-0.1, -0.05) is 0 Å². The van der Waals surface area contributed by atoms with E-state index in [2.05, 4.69) is 0 Å². The lowest BCUT2D eigenvalue weighted by molar-refractivity contribution is -0.107. The van der Waals surface area contributed by atoms with Crippen molar-refractivity contribution in [2.24, 2.45) is 0 Å². The van der Waals surface area contributed by atoms with Gasteiger partial charge < -0.3 is 19.3 Å². The summed E-state index contributed by atoms with van der Waals surface area (Å²) in [6, 6.07) is 3.97. The Morgan fingerprint density at radius 3 is 2.19 bits per heavy atom. The summed E-state index contributed by atoms with van der Waals surface area (Å²) in [5.41, 5.74) is 0.213. The van der Waals surface area contributed by atoms with Crippen molar-refractivity contribution in [2.75, 3.05) is 19.8 Å². The van der Waals surface area contributed by atoms with E-state index in [9.17, 15) is 14.7 Å². The van der Waals surface area contributed by atoms with Gasteiger partial charge in [-0.05, 0) is 39.0 Å². The first kappa shape index (κ1) is 17.1. The molecule has 0 saturated heterocycles. The van der Waals surface area contributed by atoms with E-state index in [4.69, 9.17) is 14.2 Å². The Kier molecular flexibility index (Phi) is 6.84. The minimum Gasteiger partial charge on any atom is -0.507 e. The number of ketones is 1. The van der Waals surface area contributed by atoms with E-state index in [0.717, 1.165) is 0 Å². The van der Waals surface area contributed by atoms with Crippen molar-refractivity contribution in [3.05, 3.63) is 29.3 Å². The lowest BCUT2D eigenvalue weighted by Gasteiger charge is -2.16. The Hall–Kier alpha value is -1.92. The number of Topliss-reactive ketones (excluding diaryl/α,β-unsaturated/α-hetero) is 1. The van der Waals surface area contributed by atoms with Gasteiger partial charge in [-0.15, -0.1) is 0 Å². The Balaban J connectivity index is 2.97. The molecule has 1 aromatic rings. The van der Waals surface area contributed by atoms with Crippen LogP contribution in [0.4, 0.5) is 0 Å². The summed E-state index contributed by atoms with van der Waals surface area (Å²) in [7, 11) is 0. The third-order valence-electron chi connectivity index (χ3n) is 2.62. The van der Waals surface area contributed by atoms with Crippen molar-refractivity contribution in [3.63, 3.8) is 0 Å². The fourth-order valence-corrected chi connectivity index (χ4v) is 1.71. The van der Waals surface area contributed by atoms with E-state index in [0.29, 0.717) is 13.2 Å². The molecule has 6 heteroatoms. The molecule has 0 amide bonds. The second-order valence-corrected chi connectivity index (χ2v) is 4.06. The van der Waals surface area contributed by atoms with Crippen LogP contribution in [0.1, 0.15) is 41.5 Å². The smallest absolute Gasteiger partial charge is 0.338 e. The molecule has 1 rings (SSSR count). The van der Waals surface area contributed by atoms with Crippen molar-refractivity contribution < 1.29 is 28.9 Å². The molecule has 6 nitrogen and oxygen atoms in total. The molecule has 0 aliphatic heterocycles. The van der Waals surface area contributed by atoms with Crippen LogP contribution in [0.15, 0.2) is 18.2 Å². The van der Waals surface area contributed by atoms with Crippen LogP contribution >= 0.6 is 0 Å². The maximum atomic E-state index is 12.2. The minimum atomic E-state index is -1.07. The molecular formula is C15H20O6. The van der Waals surface area contributed by atoms with E-state index in [1.807, 2.05) is 0 Å². The number of carbonyl (C=O) groups is 2. The summed E-state index contributed by atoms with van der Waals surface area (Å²) >= 11 is 0. The van der Waals surface area contributed by atoms with Crippen LogP contribution < -0.4 is 0 Å². The zero-order valence-corrected chi connectivity index (χ0v) is 12.4. The molecule has 0 unspecified atom stereocenters. The lowest BCUT2D eigenvalue weighted by atomic mass is 10.1. The standard InChI is InChI=1S/C15H20O6/c1-4-19-14(18)10-7-8-11(12(16)9-10)13(17)15(20-5-2)21-6-3/h7-9,15-16H,4-6H2,1-3H3. The predicted octanol–water partition coefficient (Wildman–Crippen LogP) is 2.15. The van der Waals surface area contributed by atoms with Gasteiger partial charge in [0.1, 0.15) is 5.75 Å². The van der Waals surface area contributed by atoms with Crippen molar-refractivity contribution in [3.8, 4) is 5.75 Å². The number of phenols is 1. The summed E-state index contributed by atoms with van der Waals surface area (Å²) in [4.78, 5) is 23.8. The van der Waals surface area contributed by atoms with E-state index < -0.39 is 18.0 Å². The number of ether oxygens (including phenoxy) is 3. The molecule has 0 saturated carbocycles. The summed E-state index contributed by atoms with van der Waals surface area (Å²) in [5, 5.41) is 9.92. The van der Waals surface area contributed by atoms with Gasteiger partial charge in [-0.3, -0.25) is 4.79 Å². The first-order chi connectivity index (χ1) is 10.0. The number of hydrogen-bond donors (Lipinski definition) is 1. The van der Waals surface area contributed by atoms with Crippen LogP contribution in [-0.4, -0.2) is 43.0 Å². The topological polar surface area (TPSA) is 82.1 Å². The molecule has 21 heavy (non-hydrogen) atoms. The summed E-state index contributed by atoms with van der Waals surface area (Å²) in [6.45, 7) is 6.00. The third kappa shape index (κ3) is 4.54. The average Bonchev–Trinajstić information content (AvgIpc) is 2.46. The van der Waals surface area contributed by atoms with Crippen LogP contribution in [0.2, 0.25) is 0 Å². The van der Waals surface area contributed by atoms with Gasteiger partial charge in [0.15, 0.2) is 0 Å². The molecule has 116 valence electrons. The number of carbonyl (C=O) groups excluding carboxylic acids is 2. The third-order valence-corrected chi connectivity index (χ3v) is 2.62. The van der Waals surface area contributed by atoms with E-state index in [1.165, 1.54) is 18.2 Å². The molecule has 0 fully saturated rings. The molecule has 1 N–H and O–H groups in total.